The van der Waals surface area contributed by atoms with Gasteiger partial charge in [0.05, 0.1) is 17.6 Å². The number of amides is 1. The topological polar surface area (TPSA) is 59.4 Å². The van der Waals surface area contributed by atoms with Crippen LogP contribution in [-0.4, -0.2) is 40.1 Å². The monoisotopic (exact) mass is 468 g/mol. The minimum Gasteiger partial charge on any atom is -0.484 e. The summed E-state index contributed by atoms with van der Waals surface area (Å²) in [5, 5.41) is 3.61. The van der Waals surface area contributed by atoms with E-state index in [1.807, 2.05) is 31.2 Å². The summed E-state index contributed by atoms with van der Waals surface area (Å²) in [5.41, 5.74) is 3.64. The third kappa shape index (κ3) is 5.87. The first-order valence-electron chi connectivity index (χ1n) is 11.8. The van der Waals surface area contributed by atoms with Crippen LogP contribution in [0.1, 0.15) is 57.0 Å². The van der Waals surface area contributed by atoms with Gasteiger partial charge in [-0.3, -0.25) is 9.69 Å². The van der Waals surface area contributed by atoms with Gasteiger partial charge >= 0.3 is 0 Å². The number of ether oxygens (including phenoxy) is 1. The van der Waals surface area contributed by atoms with Gasteiger partial charge in [-0.05, 0) is 88.7 Å². The molecular formula is C26H33ClN4O2. The van der Waals surface area contributed by atoms with Crippen molar-refractivity contribution in [2.45, 2.75) is 59.0 Å². The van der Waals surface area contributed by atoms with E-state index in [1.165, 1.54) is 25.7 Å². The lowest BCUT2D eigenvalue weighted by atomic mass is 10.2. The van der Waals surface area contributed by atoms with Gasteiger partial charge in [0, 0.05) is 16.8 Å². The molecule has 0 unspecified atom stereocenters. The lowest BCUT2D eigenvalue weighted by molar-refractivity contribution is -0.118. The lowest BCUT2D eigenvalue weighted by Gasteiger charge is -2.21. The van der Waals surface area contributed by atoms with Crippen molar-refractivity contribution in [3.05, 3.63) is 52.8 Å². The van der Waals surface area contributed by atoms with Gasteiger partial charge in [-0.15, -0.1) is 0 Å². The summed E-state index contributed by atoms with van der Waals surface area (Å²) in [6.07, 6.45) is 5.16. The fourth-order valence-electron chi connectivity index (χ4n) is 4.46. The Bertz CT molecular complexity index is 1120. The van der Waals surface area contributed by atoms with E-state index < -0.39 is 0 Å². The highest BCUT2D eigenvalue weighted by atomic mass is 35.5. The second kappa shape index (κ2) is 10.6. The Morgan fingerprint density at radius 2 is 1.88 bits per heavy atom. The zero-order valence-electron chi connectivity index (χ0n) is 19.7. The van der Waals surface area contributed by atoms with E-state index in [-0.39, 0.29) is 12.5 Å². The number of anilines is 1. The van der Waals surface area contributed by atoms with E-state index in [4.69, 9.17) is 21.3 Å². The van der Waals surface area contributed by atoms with Crippen molar-refractivity contribution in [3.8, 4) is 5.75 Å². The Labute approximate surface area is 200 Å². The number of fused-ring (bicyclic) bond motifs is 1. The minimum absolute atomic E-state index is 0.0697. The summed E-state index contributed by atoms with van der Waals surface area (Å²) >= 11 is 6.05. The Kier molecular flexibility index (Phi) is 7.56. The molecule has 0 aliphatic carbocycles. The molecule has 0 spiro atoms. The maximum Gasteiger partial charge on any atom is 0.262 e. The van der Waals surface area contributed by atoms with E-state index in [2.05, 4.69) is 28.6 Å². The molecule has 176 valence electrons. The summed E-state index contributed by atoms with van der Waals surface area (Å²) in [5.74, 6) is 1.50. The number of hydrogen-bond acceptors (Lipinski definition) is 4. The Hall–Kier alpha value is -2.57. The molecule has 0 atom stereocenters. The number of carbonyl (C=O) groups is 1. The van der Waals surface area contributed by atoms with E-state index in [9.17, 15) is 4.79 Å². The second-order valence-corrected chi connectivity index (χ2v) is 9.54. The van der Waals surface area contributed by atoms with Crippen LogP contribution in [0.15, 0.2) is 36.4 Å². The Morgan fingerprint density at radius 1 is 1.12 bits per heavy atom. The van der Waals surface area contributed by atoms with Gasteiger partial charge in [-0.25, -0.2) is 4.98 Å². The molecule has 4 rings (SSSR count). The standard InChI is InChI=1S/C26H33ClN4O2/c1-18(2)31-24-11-8-20(28-26(32)17-33-21-9-10-22(27)19(3)14-21)15-23(24)29-25(31)16-30-12-6-4-5-7-13-30/h8-11,14-15,18H,4-7,12-13,16-17H2,1-3H3,(H,28,32). The number of nitrogens with one attached hydrogen (secondary N) is 1. The van der Waals surface area contributed by atoms with Crippen molar-refractivity contribution >= 4 is 34.2 Å². The molecule has 1 aliphatic rings. The number of halogens is 1. The van der Waals surface area contributed by atoms with E-state index >= 15 is 0 Å². The van der Waals surface area contributed by atoms with Crippen LogP contribution in [0.5, 0.6) is 5.75 Å². The van der Waals surface area contributed by atoms with Gasteiger partial charge in [-0.2, -0.15) is 0 Å². The molecule has 3 aromatic rings. The van der Waals surface area contributed by atoms with Crippen molar-refractivity contribution < 1.29 is 9.53 Å². The molecule has 1 N–H and O–H groups in total. The molecule has 0 bridgehead atoms. The Balaban J connectivity index is 1.46. The van der Waals surface area contributed by atoms with Crippen molar-refractivity contribution in [2.24, 2.45) is 0 Å². The number of hydrogen-bond donors (Lipinski definition) is 1. The molecule has 33 heavy (non-hydrogen) atoms. The summed E-state index contributed by atoms with van der Waals surface area (Å²) < 4.78 is 7.93. The summed E-state index contributed by atoms with van der Waals surface area (Å²) in [6.45, 7) is 9.35. The summed E-state index contributed by atoms with van der Waals surface area (Å²) in [7, 11) is 0. The number of carbonyl (C=O) groups excluding carboxylic acids is 1. The second-order valence-electron chi connectivity index (χ2n) is 9.13. The molecule has 0 saturated carbocycles. The number of aromatic nitrogens is 2. The Morgan fingerprint density at radius 3 is 2.58 bits per heavy atom. The van der Waals surface area contributed by atoms with Crippen LogP contribution < -0.4 is 10.1 Å². The molecule has 1 fully saturated rings. The highest BCUT2D eigenvalue weighted by Crippen LogP contribution is 2.26. The first kappa shape index (κ1) is 23.6. The molecule has 1 aliphatic heterocycles. The number of rotatable bonds is 7. The smallest absolute Gasteiger partial charge is 0.262 e. The first-order chi connectivity index (χ1) is 15.9. The molecule has 1 amide bonds. The predicted octanol–water partition coefficient (Wildman–Crippen LogP) is 5.97. The molecular weight excluding hydrogens is 436 g/mol. The van der Waals surface area contributed by atoms with Crippen LogP contribution in [0.3, 0.4) is 0 Å². The number of imidazole rings is 1. The van der Waals surface area contributed by atoms with Crippen LogP contribution in [0.25, 0.3) is 11.0 Å². The predicted molar refractivity (Wildman–Crippen MR) is 134 cm³/mol. The van der Waals surface area contributed by atoms with Crippen LogP contribution >= 0.6 is 11.6 Å². The SMILES string of the molecule is Cc1cc(OCC(=O)Nc2ccc3c(c2)nc(CN2CCCCCC2)n3C(C)C)ccc1Cl. The first-order valence-corrected chi connectivity index (χ1v) is 12.2. The molecule has 2 aromatic carbocycles. The zero-order valence-corrected chi connectivity index (χ0v) is 20.5. The number of likely N-dealkylation sites (tertiary alicyclic amines) is 1. The average molecular weight is 469 g/mol. The highest BCUT2D eigenvalue weighted by molar-refractivity contribution is 6.31. The van der Waals surface area contributed by atoms with Crippen molar-refractivity contribution in [1.29, 1.82) is 0 Å². The third-order valence-corrected chi connectivity index (χ3v) is 6.55. The zero-order chi connectivity index (χ0) is 23.4. The summed E-state index contributed by atoms with van der Waals surface area (Å²) in [6, 6.07) is 11.6. The van der Waals surface area contributed by atoms with Gasteiger partial charge in [0.2, 0.25) is 0 Å². The average Bonchev–Trinajstić information content (AvgIpc) is 2.93. The van der Waals surface area contributed by atoms with Crippen LogP contribution in [0, 0.1) is 6.92 Å². The van der Waals surface area contributed by atoms with Gasteiger partial charge in [0.25, 0.3) is 5.91 Å². The van der Waals surface area contributed by atoms with Crippen molar-refractivity contribution in [2.75, 3.05) is 25.0 Å². The van der Waals surface area contributed by atoms with Crippen LogP contribution in [-0.2, 0) is 11.3 Å². The fourth-order valence-corrected chi connectivity index (χ4v) is 4.58. The summed E-state index contributed by atoms with van der Waals surface area (Å²) in [4.78, 5) is 19.9. The molecule has 1 saturated heterocycles. The third-order valence-electron chi connectivity index (χ3n) is 6.13. The fraction of sp³-hybridized carbons (Fsp3) is 0.462. The van der Waals surface area contributed by atoms with Gasteiger partial charge < -0.3 is 14.6 Å². The van der Waals surface area contributed by atoms with Crippen molar-refractivity contribution in [1.82, 2.24) is 14.5 Å². The van der Waals surface area contributed by atoms with Gasteiger partial charge in [0.15, 0.2) is 6.61 Å². The van der Waals surface area contributed by atoms with Gasteiger partial charge in [0.1, 0.15) is 11.6 Å². The number of aryl methyl sites for hydroxylation is 1. The minimum atomic E-state index is -0.213. The molecule has 2 heterocycles. The normalized spacial score (nSPS) is 15.1. The maximum atomic E-state index is 12.5. The molecule has 1 aromatic heterocycles. The van der Waals surface area contributed by atoms with E-state index in [0.29, 0.717) is 16.8 Å². The highest BCUT2D eigenvalue weighted by Gasteiger charge is 2.18. The number of benzene rings is 2. The molecule has 7 heteroatoms. The number of nitrogens with zero attached hydrogens (tertiary/aromatic N) is 3. The molecule has 0 radical (unpaired) electrons. The van der Waals surface area contributed by atoms with E-state index in [1.54, 1.807) is 12.1 Å². The van der Waals surface area contributed by atoms with Crippen LogP contribution in [0.4, 0.5) is 5.69 Å². The van der Waals surface area contributed by atoms with Crippen molar-refractivity contribution in [3.63, 3.8) is 0 Å². The van der Waals surface area contributed by atoms with Crippen LogP contribution in [0.2, 0.25) is 5.02 Å². The quantitative estimate of drug-likeness (QED) is 0.464. The maximum absolute atomic E-state index is 12.5. The van der Waals surface area contributed by atoms with E-state index in [0.717, 1.165) is 47.7 Å². The largest absolute Gasteiger partial charge is 0.484 e. The van der Waals surface area contributed by atoms with Gasteiger partial charge in [-0.1, -0.05) is 24.4 Å². The lowest BCUT2D eigenvalue weighted by Crippen LogP contribution is -2.26. The molecule has 6 nitrogen and oxygen atoms in total.